The number of halogens is 3. The molecular weight excluding hydrogens is 259 g/mol. The van der Waals surface area contributed by atoms with Gasteiger partial charge in [-0.3, -0.25) is 9.97 Å². The number of nitrogens with one attached hydrogen (secondary N) is 1. The predicted octanol–water partition coefficient (Wildman–Crippen LogP) is 2.21. The first-order valence-corrected chi connectivity index (χ1v) is 5.37. The Morgan fingerprint density at radius 2 is 1.89 bits per heavy atom. The minimum atomic E-state index is -4.48. The first-order chi connectivity index (χ1) is 8.95. The summed E-state index contributed by atoms with van der Waals surface area (Å²) in [5.74, 6) is 0.246. The van der Waals surface area contributed by atoms with Crippen LogP contribution in [0.1, 0.15) is 17.1 Å². The lowest BCUT2D eigenvalue weighted by atomic mass is 10.3. The highest BCUT2D eigenvalue weighted by Gasteiger charge is 2.32. The zero-order chi connectivity index (χ0) is 13.9. The minimum Gasteiger partial charge on any atom is -0.363 e. The van der Waals surface area contributed by atoms with Crippen molar-refractivity contribution in [3.05, 3.63) is 41.6 Å². The van der Waals surface area contributed by atoms with Crippen molar-refractivity contribution in [1.82, 2.24) is 20.2 Å². The van der Waals surface area contributed by atoms with E-state index in [4.69, 9.17) is 0 Å². The molecule has 0 amide bonds. The monoisotopic (exact) mass is 269 g/mol. The lowest BCUT2D eigenvalue weighted by Gasteiger charge is -2.07. The molecule has 0 atom stereocenters. The fourth-order valence-corrected chi connectivity index (χ4v) is 1.27. The molecule has 2 heterocycles. The van der Waals surface area contributed by atoms with Gasteiger partial charge < -0.3 is 5.32 Å². The highest BCUT2D eigenvalue weighted by Crippen LogP contribution is 2.27. The number of aryl methyl sites for hydroxylation is 1. The Bertz CT molecular complexity index is 536. The van der Waals surface area contributed by atoms with E-state index in [2.05, 4.69) is 25.5 Å². The normalized spacial score (nSPS) is 11.4. The van der Waals surface area contributed by atoms with E-state index in [9.17, 15) is 13.2 Å². The van der Waals surface area contributed by atoms with Crippen LogP contribution in [0.15, 0.2) is 24.5 Å². The van der Waals surface area contributed by atoms with E-state index in [0.29, 0.717) is 12.2 Å². The summed E-state index contributed by atoms with van der Waals surface area (Å²) in [5.41, 5.74) is 0.429. The molecule has 0 bridgehead atoms. The van der Waals surface area contributed by atoms with Crippen molar-refractivity contribution in [2.24, 2.45) is 0 Å². The third-order valence-corrected chi connectivity index (χ3v) is 2.24. The van der Waals surface area contributed by atoms with Crippen molar-refractivity contribution >= 4 is 5.82 Å². The molecule has 5 nitrogen and oxygen atoms in total. The first-order valence-electron chi connectivity index (χ1n) is 5.37. The van der Waals surface area contributed by atoms with Crippen molar-refractivity contribution in [3.63, 3.8) is 0 Å². The van der Waals surface area contributed by atoms with Crippen LogP contribution >= 0.6 is 0 Å². The second-order valence-corrected chi connectivity index (χ2v) is 3.80. The molecule has 0 unspecified atom stereocenters. The second kappa shape index (κ2) is 5.17. The van der Waals surface area contributed by atoms with Gasteiger partial charge in [-0.15, -0.1) is 10.2 Å². The van der Waals surface area contributed by atoms with E-state index >= 15 is 0 Å². The van der Waals surface area contributed by atoms with E-state index < -0.39 is 11.9 Å². The molecule has 2 aromatic rings. The molecule has 0 aliphatic rings. The van der Waals surface area contributed by atoms with Crippen LogP contribution in [0.3, 0.4) is 0 Å². The molecular formula is C11H10F3N5. The maximum absolute atomic E-state index is 12.3. The average Bonchev–Trinajstić information content (AvgIpc) is 2.37. The van der Waals surface area contributed by atoms with Crippen LogP contribution in [-0.2, 0) is 12.7 Å². The summed E-state index contributed by atoms with van der Waals surface area (Å²) in [6, 6.07) is 2.09. The molecule has 2 rings (SSSR count). The third-order valence-electron chi connectivity index (χ3n) is 2.24. The number of hydrogen-bond donors (Lipinski definition) is 1. The second-order valence-electron chi connectivity index (χ2n) is 3.80. The molecule has 0 aromatic carbocycles. The van der Waals surface area contributed by atoms with Crippen molar-refractivity contribution in [3.8, 4) is 0 Å². The number of nitrogens with zero attached hydrogens (tertiary/aromatic N) is 4. The molecule has 0 saturated heterocycles. The van der Waals surface area contributed by atoms with Gasteiger partial charge in [0, 0.05) is 6.20 Å². The Kier molecular flexibility index (Phi) is 3.59. The Morgan fingerprint density at radius 1 is 1.11 bits per heavy atom. The molecule has 0 fully saturated rings. The van der Waals surface area contributed by atoms with E-state index in [-0.39, 0.29) is 5.82 Å². The molecule has 100 valence electrons. The lowest BCUT2D eigenvalue weighted by Crippen LogP contribution is -2.10. The number of anilines is 1. The van der Waals surface area contributed by atoms with Gasteiger partial charge >= 0.3 is 6.18 Å². The van der Waals surface area contributed by atoms with Crippen LogP contribution < -0.4 is 5.32 Å². The third kappa shape index (κ3) is 3.60. The summed E-state index contributed by atoms with van der Waals surface area (Å²) in [6.07, 6.45) is -1.29. The summed E-state index contributed by atoms with van der Waals surface area (Å²) < 4.78 is 36.8. The molecule has 0 aliphatic heterocycles. The predicted molar refractivity (Wildman–Crippen MR) is 61.1 cm³/mol. The lowest BCUT2D eigenvalue weighted by molar-refractivity contribution is -0.141. The molecule has 8 heteroatoms. The van der Waals surface area contributed by atoms with E-state index in [1.54, 1.807) is 12.4 Å². The quantitative estimate of drug-likeness (QED) is 0.925. The zero-order valence-corrected chi connectivity index (χ0v) is 9.94. The van der Waals surface area contributed by atoms with Gasteiger partial charge in [-0.1, -0.05) is 0 Å². The summed E-state index contributed by atoms with van der Waals surface area (Å²) in [4.78, 5) is 8.15. The highest BCUT2D eigenvalue weighted by molar-refractivity contribution is 5.33. The van der Waals surface area contributed by atoms with Crippen molar-refractivity contribution in [2.75, 3.05) is 5.32 Å². The summed E-state index contributed by atoms with van der Waals surface area (Å²) >= 11 is 0. The van der Waals surface area contributed by atoms with Crippen molar-refractivity contribution in [2.45, 2.75) is 19.6 Å². The van der Waals surface area contributed by atoms with Gasteiger partial charge in [0.05, 0.1) is 24.1 Å². The summed E-state index contributed by atoms with van der Waals surface area (Å²) in [7, 11) is 0. The Labute approximate surface area is 106 Å². The number of rotatable bonds is 3. The number of hydrogen-bond acceptors (Lipinski definition) is 5. The van der Waals surface area contributed by atoms with Crippen molar-refractivity contribution < 1.29 is 13.2 Å². The van der Waals surface area contributed by atoms with E-state index in [1.807, 2.05) is 6.92 Å². The molecule has 0 spiro atoms. The molecule has 0 saturated carbocycles. The van der Waals surface area contributed by atoms with Crippen LogP contribution in [0.5, 0.6) is 0 Å². The first kappa shape index (κ1) is 13.2. The average molecular weight is 269 g/mol. The molecule has 0 radical (unpaired) electrons. The molecule has 19 heavy (non-hydrogen) atoms. The van der Waals surface area contributed by atoms with Crippen LogP contribution in [-0.4, -0.2) is 20.2 Å². The minimum absolute atomic E-state index is 0.246. The maximum Gasteiger partial charge on any atom is 0.435 e. The standard InChI is InChI=1S/C11H10F3N5/c1-7-4-16-8(5-15-7)6-17-10-3-2-9(18-19-10)11(12,13)14/h2-5H,6H2,1H3,(H,17,19). The van der Waals surface area contributed by atoms with Crippen LogP contribution in [0.2, 0.25) is 0 Å². The van der Waals surface area contributed by atoms with E-state index in [1.165, 1.54) is 6.07 Å². The van der Waals surface area contributed by atoms with Crippen molar-refractivity contribution in [1.29, 1.82) is 0 Å². The summed E-state index contributed by atoms with van der Waals surface area (Å²) in [5, 5.41) is 9.37. The fourth-order valence-electron chi connectivity index (χ4n) is 1.27. The van der Waals surface area contributed by atoms with Crippen LogP contribution in [0.25, 0.3) is 0 Å². The van der Waals surface area contributed by atoms with Crippen LogP contribution in [0.4, 0.5) is 19.0 Å². The number of alkyl halides is 3. The summed E-state index contributed by atoms with van der Waals surface area (Å²) in [6.45, 7) is 2.12. The number of aromatic nitrogens is 4. The highest BCUT2D eigenvalue weighted by atomic mass is 19.4. The van der Waals surface area contributed by atoms with Crippen LogP contribution in [0, 0.1) is 6.92 Å². The van der Waals surface area contributed by atoms with E-state index in [0.717, 1.165) is 11.8 Å². The van der Waals surface area contributed by atoms with Gasteiger partial charge in [0.1, 0.15) is 5.82 Å². The Balaban J connectivity index is 1.98. The topological polar surface area (TPSA) is 63.6 Å². The molecule has 0 aliphatic carbocycles. The van der Waals surface area contributed by atoms with Gasteiger partial charge in [-0.2, -0.15) is 13.2 Å². The SMILES string of the molecule is Cc1cnc(CNc2ccc(C(F)(F)F)nn2)cn1. The van der Waals surface area contributed by atoms with Gasteiger partial charge in [0.25, 0.3) is 0 Å². The smallest absolute Gasteiger partial charge is 0.363 e. The maximum atomic E-state index is 12.3. The molecule has 1 N–H and O–H groups in total. The molecule has 2 aromatic heterocycles. The van der Waals surface area contributed by atoms with Gasteiger partial charge in [-0.05, 0) is 19.1 Å². The fraction of sp³-hybridized carbons (Fsp3) is 0.273. The largest absolute Gasteiger partial charge is 0.435 e. The zero-order valence-electron chi connectivity index (χ0n) is 9.94. The van der Waals surface area contributed by atoms with Gasteiger partial charge in [0.2, 0.25) is 0 Å². The Morgan fingerprint density at radius 3 is 2.42 bits per heavy atom. The van der Waals surface area contributed by atoms with Gasteiger partial charge in [0.15, 0.2) is 5.69 Å². The van der Waals surface area contributed by atoms with Gasteiger partial charge in [-0.25, -0.2) is 0 Å². The Hall–Kier alpha value is -2.25.